The van der Waals surface area contributed by atoms with Crippen LogP contribution in [0.2, 0.25) is 0 Å². The predicted molar refractivity (Wildman–Crippen MR) is 54.3 cm³/mol. The van der Waals surface area contributed by atoms with Crippen molar-refractivity contribution in [3.63, 3.8) is 0 Å². The molecule has 0 saturated carbocycles. The van der Waals surface area contributed by atoms with Gasteiger partial charge in [-0.05, 0) is 17.7 Å². The second kappa shape index (κ2) is 5.80. The number of aliphatic hydroxyl groups is 1. The Kier molecular flexibility index (Phi) is 4.34. The summed E-state index contributed by atoms with van der Waals surface area (Å²) in [5, 5.41) is 17.0. The fraction of sp³-hybridized carbons (Fsp3) is 0.250. The minimum absolute atomic E-state index is 0.0352. The summed E-state index contributed by atoms with van der Waals surface area (Å²) in [7, 11) is 0. The zero-order chi connectivity index (χ0) is 11.1. The summed E-state index contributed by atoms with van der Waals surface area (Å²) in [6.45, 7) is -0.0352. The Morgan fingerprint density at radius 3 is 2.87 bits per heavy atom. The van der Waals surface area contributed by atoms with Crippen LogP contribution >= 0.6 is 0 Å². The Balaban J connectivity index is 2.92. The topological polar surface area (TPSA) is 44.0 Å². The summed E-state index contributed by atoms with van der Waals surface area (Å²) in [6, 6.07) is 6.41. The van der Waals surface area contributed by atoms with Crippen molar-refractivity contribution in [2.75, 3.05) is 6.61 Å². The maximum atomic E-state index is 13.2. The molecule has 1 aromatic carbocycles. The highest BCUT2D eigenvalue weighted by molar-refractivity contribution is 5.39. The highest BCUT2D eigenvalue weighted by Crippen LogP contribution is 2.09. The van der Waals surface area contributed by atoms with E-state index in [1.165, 1.54) is 6.07 Å². The van der Waals surface area contributed by atoms with Crippen molar-refractivity contribution < 1.29 is 9.50 Å². The smallest absolute Gasteiger partial charge is 0.138 e. The normalized spacial score (nSPS) is 8.87. The first-order valence-electron chi connectivity index (χ1n) is 4.53. The number of rotatable bonds is 2. The molecule has 15 heavy (non-hydrogen) atoms. The predicted octanol–water partition coefficient (Wildman–Crippen LogP) is 1.63. The zero-order valence-corrected chi connectivity index (χ0v) is 8.13. The molecule has 0 unspecified atom stereocenters. The fourth-order valence-electron chi connectivity index (χ4n) is 1.08. The van der Waals surface area contributed by atoms with Crippen molar-refractivity contribution in [3.8, 4) is 17.9 Å². The van der Waals surface area contributed by atoms with E-state index >= 15 is 0 Å². The molecule has 0 saturated heterocycles. The van der Waals surface area contributed by atoms with E-state index < -0.39 is 5.82 Å². The van der Waals surface area contributed by atoms with Crippen molar-refractivity contribution in [3.05, 3.63) is 35.1 Å². The average Bonchev–Trinajstić information content (AvgIpc) is 2.23. The Hall–Kier alpha value is -1.84. The van der Waals surface area contributed by atoms with Crippen LogP contribution in [0.25, 0.3) is 0 Å². The van der Waals surface area contributed by atoms with Crippen molar-refractivity contribution >= 4 is 0 Å². The third kappa shape index (κ3) is 3.42. The fourth-order valence-corrected chi connectivity index (χ4v) is 1.08. The van der Waals surface area contributed by atoms with Crippen LogP contribution in [0.1, 0.15) is 17.5 Å². The molecule has 0 bridgehead atoms. The van der Waals surface area contributed by atoms with Gasteiger partial charge in [-0.2, -0.15) is 5.26 Å². The molecule has 0 aliphatic rings. The molecule has 0 spiro atoms. The van der Waals surface area contributed by atoms with Crippen molar-refractivity contribution in [1.82, 2.24) is 0 Å². The van der Waals surface area contributed by atoms with Crippen LogP contribution in [0, 0.1) is 29.0 Å². The van der Waals surface area contributed by atoms with E-state index in [2.05, 4.69) is 11.8 Å². The van der Waals surface area contributed by atoms with E-state index in [4.69, 9.17) is 10.4 Å². The van der Waals surface area contributed by atoms with Crippen LogP contribution in [-0.2, 0) is 6.42 Å². The average molecular weight is 203 g/mol. The molecule has 0 fully saturated rings. The van der Waals surface area contributed by atoms with E-state index in [9.17, 15) is 4.39 Å². The van der Waals surface area contributed by atoms with Gasteiger partial charge in [-0.3, -0.25) is 0 Å². The van der Waals surface area contributed by atoms with Gasteiger partial charge in [0.1, 0.15) is 5.82 Å². The maximum absolute atomic E-state index is 13.2. The second-order valence-electron chi connectivity index (χ2n) is 2.92. The molecule has 0 aliphatic heterocycles. The Bertz CT molecular complexity index is 437. The Morgan fingerprint density at radius 2 is 2.20 bits per heavy atom. The monoisotopic (exact) mass is 203 g/mol. The zero-order valence-electron chi connectivity index (χ0n) is 8.13. The minimum atomic E-state index is -0.401. The molecular formula is C12H10FNO. The van der Waals surface area contributed by atoms with Crippen LogP contribution in [-0.4, -0.2) is 11.7 Å². The van der Waals surface area contributed by atoms with Crippen molar-refractivity contribution in [1.29, 1.82) is 5.26 Å². The third-order valence-electron chi connectivity index (χ3n) is 1.77. The van der Waals surface area contributed by atoms with Crippen LogP contribution in [0.4, 0.5) is 4.39 Å². The van der Waals surface area contributed by atoms with Gasteiger partial charge in [0.2, 0.25) is 0 Å². The SMILES string of the molecule is N#CCc1ccc(F)c(C#CCCO)c1. The number of hydrogen-bond donors (Lipinski definition) is 1. The lowest BCUT2D eigenvalue weighted by atomic mass is 10.1. The van der Waals surface area contributed by atoms with Crippen LogP contribution in [0.3, 0.4) is 0 Å². The quantitative estimate of drug-likeness (QED) is 0.742. The molecule has 1 aromatic rings. The lowest BCUT2D eigenvalue weighted by Crippen LogP contribution is -1.88. The number of hydrogen-bond acceptors (Lipinski definition) is 2. The highest BCUT2D eigenvalue weighted by Gasteiger charge is 2.00. The molecule has 0 radical (unpaired) electrons. The van der Waals surface area contributed by atoms with Gasteiger partial charge in [0.15, 0.2) is 0 Å². The van der Waals surface area contributed by atoms with Crippen LogP contribution in [0.5, 0.6) is 0 Å². The standard InChI is InChI=1S/C12H10FNO/c13-12-5-4-10(6-7-14)9-11(12)3-1-2-8-15/h4-5,9,15H,2,6,8H2. The molecular weight excluding hydrogens is 193 g/mol. The summed E-state index contributed by atoms with van der Waals surface area (Å²) < 4.78 is 13.2. The summed E-state index contributed by atoms with van der Waals surface area (Å²) in [5.74, 6) is 4.86. The summed E-state index contributed by atoms with van der Waals surface area (Å²) in [4.78, 5) is 0. The molecule has 0 aliphatic carbocycles. The van der Waals surface area contributed by atoms with Gasteiger partial charge in [-0.25, -0.2) is 4.39 Å². The third-order valence-corrected chi connectivity index (χ3v) is 1.77. The maximum Gasteiger partial charge on any atom is 0.138 e. The van der Waals surface area contributed by atoms with Crippen molar-refractivity contribution in [2.45, 2.75) is 12.8 Å². The van der Waals surface area contributed by atoms with Crippen LogP contribution < -0.4 is 0 Å². The largest absolute Gasteiger partial charge is 0.395 e. The van der Waals surface area contributed by atoms with E-state index in [-0.39, 0.29) is 18.6 Å². The molecule has 0 heterocycles. The molecule has 1 N–H and O–H groups in total. The molecule has 0 amide bonds. The van der Waals surface area contributed by atoms with Gasteiger partial charge in [-0.1, -0.05) is 17.9 Å². The number of halogens is 1. The van der Waals surface area contributed by atoms with Gasteiger partial charge in [0, 0.05) is 6.42 Å². The number of aliphatic hydroxyl groups excluding tert-OH is 1. The first-order chi connectivity index (χ1) is 7.27. The second-order valence-corrected chi connectivity index (χ2v) is 2.92. The molecule has 76 valence electrons. The summed E-state index contributed by atoms with van der Waals surface area (Å²) in [5.41, 5.74) is 1.02. The first kappa shape index (κ1) is 11.2. The van der Waals surface area contributed by atoms with E-state index in [0.717, 1.165) is 5.56 Å². The lowest BCUT2D eigenvalue weighted by Gasteiger charge is -1.97. The Labute approximate surface area is 88.0 Å². The molecule has 3 heteroatoms. The van der Waals surface area contributed by atoms with Crippen LogP contribution in [0.15, 0.2) is 18.2 Å². The van der Waals surface area contributed by atoms with Crippen molar-refractivity contribution in [2.24, 2.45) is 0 Å². The van der Waals surface area contributed by atoms with Gasteiger partial charge in [-0.15, -0.1) is 0 Å². The molecule has 1 rings (SSSR count). The number of benzene rings is 1. The Morgan fingerprint density at radius 1 is 1.40 bits per heavy atom. The summed E-state index contributed by atoms with van der Waals surface area (Å²) >= 11 is 0. The minimum Gasteiger partial charge on any atom is -0.395 e. The van der Waals surface area contributed by atoms with E-state index in [0.29, 0.717) is 6.42 Å². The van der Waals surface area contributed by atoms with E-state index in [1.54, 1.807) is 12.1 Å². The molecule has 0 atom stereocenters. The van der Waals surface area contributed by atoms with E-state index in [1.807, 2.05) is 6.07 Å². The number of nitrogens with zero attached hydrogens (tertiary/aromatic N) is 1. The van der Waals surface area contributed by atoms with Gasteiger partial charge in [0.25, 0.3) is 0 Å². The molecule has 0 aromatic heterocycles. The van der Waals surface area contributed by atoms with Gasteiger partial charge in [0.05, 0.1) is 24.7 Å². The number of nitriles is 1. The highest BCUT2D eigenvalue weighted by atomic mass is 19.1. The van der Waals surface area contributed by atoms with Gasteiger partial charge >= 0.3 is 0 Å². The first-order valence-corrected chi connectivity index (χ1v) is 4.53. The molecule has 2 nitrogen and oxygen atoms in total. The van der Waals surface area contributed by atoms with Gasteiger partial charge < -0.3 is 5.11 Å². The lowest BCUT2D eigenvalue weighted by molar-refractivity contribution is 0.305. The summed E-state index contributed by atoms with van der Waals surface area (Å²) in [6.07, 6.45) is 0.566.